The third-order valence-electron chi connectivity index (χ3n) is 2.18. The number of hydrogen-bond acceptors (Lipinski definition) is 6. The molecule has 1 atom stereocenters. The zero-order valence-corrected chi connectivity index (χ0v) is 10.6. The van der Waals surface area contributed by atoms with Crippen LogP contribution in [0.3, 0.4) is 0 Å². The van der Waals surface area contributed by atoms with E-state index >= 15 is 0 Å². The molecule has 0 radical (unpaired) electrons. The van der Waals surface area contributed by atoms with Gasteiger partial charge in [-0.3, -0.25) is 0 Å². The molecule has 0 fully saturated rings. The van der Waals surface area contributed by atoms with Crippen molar-refractivity contribution in [1.82, 2.24) is 0 Å². The van der Waals surface area contributed by atoms with Crippen LogP contribution in [0.1, 0.15) is 12.5 Å². The molecule has 0 heterocycles. The maximum atomic E-state index is 10.9. The van der Waals surface area contributed by atoms with E-state index in [-0.39, 0.29) is 0 Å². The van der Waals surface area contributed by atoms with Crippen molar-refractivity contribution in [3.8, 4) is 0 Å². The molecule has 0 aliphatic carbocycles. The molecule has 0 aromatic heterocycles. The number of rotatable bonds is 6. The van der Waals surface area contributed by atoms with E-state index in [1.165, 1.54) is 13.2 Å². The van der Waals surface area contributed by atoms with Crippen LogP contribution in [0, 0.1) is 0 Å². The quantitative estimate of drug-likeness (QED) is 0.212. The van der Waals surface area contributed by atoms with Gasteiger partial charge in [0, 0.05) is 6.08 Å². The van der Waals surface area contributed by atoms with E-state index in [9.17, 15) is 4.79 Å². The van der Waals surface area contributed by atoms with Crippen LogP contribution in [0.4, 0.5) is 0 Å². The van der Waals surface area contributed by atoms with Crippen molar-refractivity contribution in [3.05, 3.63) is 48.0 Å². The summed E-state index contributed by atoms with van der Waals surface area (Å²) in [7, 11) is 1.24. The zero-order chi connectivity index (χ0) is 14.1. The second kappa shape index (κ2) is 8.02. The van der Waals surface area contributed by atoms with Crippen molar-refractivity contribution in [2.45, 2.75) is 13.2 Å². The highest BCUT2D eigenvalue weighted by Crippen LogP contribution is 2.03. The van der Waals surface area contributed by atoms with Crippen LogP contribution in [0.25, 0.3) is 0 Å². The fraction of sp³-hybridized carbons (Fsp3) is 0.231. The molecule has 102 valence electrons. The molecule has 1 aromatic rings. The van der Waals surface area contributed by atoms with Crippen LogP contribution in [-0.2, 0) is 19.3 Å². The molecule has 6 nitrogen and oxygen atoms in total. The summed E-state index contributed by atoms with van der Waals surface area (Å²) in [6.07, 6.45) is 1.06. The first-order chi connectivity index (χ1) is 9.17. The van der Waals surface area contributed by atoms with Crippen LogP contribution in [0.5, 0.6) is 0 Å². The van der Waals surface area contributed by atoms with Gasteiger partial charge in [0.05, 0.1) is 12.8 Å². The highest BCUT2D eigenvalue weighted by molar-refractivity contribution is 5.98. The number of carbonyl (C=O) groups excluding carboxylic acids is 1. The highest BCUT2D eigenvalue weighted by Gasteiger charge is 2.06. The lowest BCUT2D eigenvalue weighted by Crippen LogP contribution is -2.11. The van der Waals surface area contributed by atoms with Gasteiger partial charge in [0.2, 0.25) is 0 Å². The van der Waals surface area contributed by atoms with Crippen molar-refractivity contribution in [3.63, 3.8) is 0 Å². The fourth-order valence-electron chi connectivity index (χ4n) is 1.18. The maximum absolute atomic E-state index is 10.9. The van der Waals surface area contributed by atoms with E-state index in [2.05, 4.69) is 14.8 Å². The van der Waals surface area contributed by atoms with Gasteiger partial charge in [-0.05, 0) is 18.6 Å². The Morgan fingerprint density at radius 1 is 1.37 bits per heavy atom. The van der Waals surface area contributed by atoms with Crippen molar-refractivity contribution < 1.29 is 24.5 Å². The Kier molecular flexibility index (Phi) is 6.28. The monoisotopic (exact) mass is 265 g/mol. The molecule has 19 heavy (non-hydrogen) atoms. The van der Waals surface area contributed by atoms with E-state index in [4.69, 9.17) is 10.1 Å². The number of hydrogen-bond donors (Lipinski definition) is 1. The van der Waals surface area contributed by atoms with Gasteiger partial charge in [-0.15, -0.1) is 0 Å². The Bertz CT molecular complexity index is 455. The lowest BCUT2D eigenvalue weighted by Gasteiger charge is -2.07. The van der Waals surface area contributed by atoms with Crippen LogP contribution in [0.15, 0.2) is 47.6 Å². The third-order valence-corrected chi connectivity index (χ3v) is 2.18. The number of carbonyl (C=O) groups is 1. The third kappa shape index (κ3) is 5.33. The van der Waals surface area contributed by atoms with Crippen LogP contribution in [0.2, 0.25) is 0 Å². The van der Waals surface area contributed by atoms with Gasteiger partial charge in [-0.2, -0.15) is 4.89 Å². The first-order valence-electron chi connectivity index (χ1n) is 5.49. The molecule has 0 aliphatic rings. The standard InChI is InChI=1S/C13H15NO5/c1-10(11-6-4-3-5-7-11)14-18-13(19-16)9-8-12(15)17-2/h3-9,13,16H,1-2H3/b9-8-,14-10+. The van der Waals surface area contributed by atoms with Crippen molar-refractivity contribution in [1.29, 1.82) is 0 Å². The number of ether oxygens (including phenoxy) is 1. The Balaban J connectivity index is 2.62. The lowest BCUT2D eigenvalue weighted by molar-refractivity contribution is -0.329. The first kappa shape index (κ1) is 14.9. The molecule has 0 aliphatic heterocycles. The van der Waals surface area contributed by atoms with Crippen molar-refractivity contribution >= 4 is 11.7 Å². The number of oxime groups is 1. The van der Waals surface area contributed by atoms with Crippen molar-refractivity contribution in [2.24, 2.45) is 5.16 Å². The largest absolute Gasteiger partial charge is 0.466 e. The molecular formula is C13H15NO5. The number of esters is 1. The van der Waals surface area contributed by atoms with Crippen LogP contribution < -0.4 is 0 Å². The molecule has 0 saturated carbocycles. The summed E-state index contributed by atoms with van der Waals surface area (Å²) in [5, 5.41) is 12.4. The van der Waals surface area contributed by atoms with Gasteiger partial charge in [0.25, 0.3) is 6.29 Å². The molecule has 1 rings (SSSR count). The summed E-state index contributed by atoms with van der Waals surface area (Å²) >= 11 is 0. The van der Waals surface area contributed by atoms with Crippen LogP contribution in [-0.4, -0.2) is 30.3 Å². The van der Waals surface area contributed by atoms with E-state index in [0.717, 1.165) is 11.6 Å². The summed E-state index contributed by atoms with van der Waals surface area (Å²) in [5.74, 6) is -0.589. The van der Waals surface area contributed by atoms with E-state index in [1.807, 2.05) is 30.3 Å². The average molecular weight is 265 g/mol. The van der Waals surface area contributed by atoms with Crippen molar-refractivity contribution in [2.75, 3.05) is 7.11 Å². The first-order valence-corrected chi connectivity index (χ1v) is 5.49. The van der Waals surface area contributed by atoms with E-state index in [1.54, 1.807) is 6.92 Å². The fourth-order valence-corrected chi connectivity index (χ4v) is 1.18. The molecule has 0 bridgehead atoms. The van der Waals surface area contributed by atoms with Gasteiger partial charge >= 0.3 is 5.97 Å². The topological polar surface area (TPSA) is 77.4 Å². The predicted molar refractivity (Wildman–Crippen MR) is 68.4 cm³/mol. The van der Waals surface area contributed by atoms with E-state index in [0.29, 0.717) is 5.71 Å². The van der Waals surface area contributed by atoms with Crippen LogP contribution >= 0.6 is 0 Å². The summed E-state index contributed by atoms with van der Waals surface area (Å²) in [6.45, 7) is 1.74. The molecule has 0 spiro atoms. The summed E-state index contributed by atoms with van der Waals surface area (Å²) in [5.41, 5.74) is 1.48. The Hall–Kier alpha value is -2.18. The zero-order valence-electron chi connectivity index (χ0n) is 10.6. The Morgan fingerprint density at radius 2 is 2.05 bits per heavy atom. The number of nitrogens with zero attached hydrogens (tertiary/aromatic N) is 1. The number of benzene rings is 1. The minimum atomic E-state index is -1.18. The maximum Gasteiger partial charge on any atom is 0.330 e. The normalized spacial score (nSPS) is 13.3. The summed E-state index contributed by atoms with van der Waals surface area (Å²) in [6, 6.07) is 9.34. The van der Waals surface area contributed by atoms with Gasteiger partial charge in [-0.25, -0.2) is 10.1 Å². The average Bonchev–Trinajstić information content (AvgIpc) is 2.47. The summed E-state index contributed by atoms with van der Waals surface area (Å²) < 4.78 is 4.39. The van der Waals surface area contributed by atoms with Gasteiger partial charge in [0.1, 0.15) is 0 Å². The van der Waals surface area contributed by atoms with Gasteiger partial charge in [-0.1, -0.05) is 35.5 Å². The number of methoxy groups -OCH3 is 1. The highest BCUT2D eigenvalue weighted by atomic mass is 17.1. The molecule has 0 amide bonds. The van der Waals surface area contributed by atoms with Gasteiger partial charge in [0.15, 0.2) is 0 Å². The molecule has 6 heteroatoms. The molecular weight excluding hydrogens is 250 g/mol. The minimum absolute atomic E-state index is 0.589. The molecule has 1 aromatic carbocycles. The smallest absolute Gasteiger partial charge is 0.330 e. The predicted octanol–water partition coefficient (Wildman–Crippen LogP) is 1.97. The lowest BCUT2D eigenvalue weighted by atomic mass is 10.1. The Morgan fingerprint density at radius 3 is 2.63 bits per heavy atom. The summed E-state index contributed by atoms with van der Waals surface area (Å²) in [4.78, 5) is 19.8. The second-order valence-electron chi connectivity index (χ2n) is 3.50. The van der Waals surface area contributed by atoms with E-state index < -0.39 is 12.3 Å². The molecule has 0 saturated heterocycles. The van der Waals surface area contributed by atoms with Gasteiger partial charge < -0.3 is 9.57 Å². The minimum Gasteiger partial charge on any atom is -0.466 e. The Labute approximate surface area is 110 Å². The molecule has 1 N–H and O–H groups in total. The SMILES string of the molecule is COC(=O)/C=C\C(OO)O/N=C(\C)c1ccccc1. The molecule has 1 unspecified atom stereocenters. The second-order valence-corrected chi connectivity index (χ2v) is 3.50.